The highest BCUT2D eigenvalue weighted by Gasteiger charge is 2.27. The van der Waals surface area contributed by atoms with Crippen molar-refractivity contribution in [2.24, 2.45) is 0 Å². The van der Waals surface area contributed by atoms with Gasteiger partial charge in [-0.3, -0.25) is 19.5 Å². The lowest BCUT2D eigenvalue weighted by molar-refractivity contribution is -0.120. The Balaban J connectivity index is 1.39. The van der Waals surface area contributed by atoms with Crippen LogP contribution in [0.25, 0.3) is 10.9 Å². The molecule has 0 atom stereocenters. The number of anilines is 2. The topological polar surface area (TPSA) is 103 Å². The molecule has 178 valence electrons. The smallest absolute Gasteiger partial charge is 0.255 e. The summed E-state index contributed by atoms with van der Waals surface area (Å²) >= 11 is 0. The minimum atomic E-state index is -0.0956. The summed E-state index contributed by atoms with van der Waals surface area (Å²) < 4.78 is 5.37. The number of likely N-dealkylation sites (N-methyl/N-ethyl adjacent to an activating group) is 1. The van der Waals surface area contributed by atoms with E-state index in [0.29, 0.717) is 37.7 Å². The highest BCUT2D eigenvalue weighted by atomic mass is 16.5. The Bertz CT molecular complexity index is 1170. The van der Waals surface area contributed by atoms with Crippen LogP contribution in [0.3, 0.4) is 0 Å². The maximum Gasteiger partial charge on any atom is 0.255 e. The second-order valence-electron chi connectivity index (χ2n) is 8.87. The summed E-state index contributed by atoms with van der Waals surface area (Å²) in [6.45, 7) is 3.69. The molecule has 2 fully saturated rings. The van der Waals surface area contributed by atoms with Crippen molar-refractivity contribution in [2.75, 3.05) is 50.1 Å². The van der Waals surface area contributed by atoms with Crippen molar-refractivity contribution in [1.82, 2.24) is 20.2 Å². The van der Waals surface area contributed by atoms with Gasteiger partial charge in [0.25, 0.3) is 5.91 Å². The number of ether oxygens (including phenoxy) is 1. The zero-order valence-electron chi connectivity index (χ0n) is 19.3. The van der Waals surface area contributed by atoms with Crippen molar-refractivity contribution in [1.29, 1.82) is 0 Å². The van der Waals surface area contributed by atoms with Gasteiger partial charge in [0.1, 0.15) is 5.82 Å². The van der Waals surface area contributed by atoms with E-state index >= 15 is 0 Å². The van der Waals surface area contributed by atoms with Crippen molar-refractivity contribution >= 4 is 34.2 Å². The number of pyridine rings is 1. The molecule has 1 aliphatic carbocycles. The van der Waals surface area contributed by atoms with Gasteiger partial charge in [0.05, 0.1) is 37.6 Å². The average molecular weight is 463 g/mol. The molecule has 1 saturated heterocycles. The number of benzene rings is 1. The number of H-pyrrole nitrogens is 1. The summed E-state index contributed by atoms with van der Waals surface area (Å²) in [4.78, 5) is 37.4. The van der Waals surface area contributed by atoms with Crippen LogP contribution in [0.2, 0.25) is 0 Å². The molecule has 1 aromatic carbocycles. The van der Waals surface area contributed by atoms with Gasteiger partial charge in [0.15, 0.2) is 0 Å². The standard InChI is InChI=1S/C25H30N6O3/c1-30(22(32)16-31-10-12-34-13-11-31)19-7-8-20-21(14-19)29-24(23(20)25(33)28-17-5-6-17)27-15-18-4-2-3-9-26-18/h2-4,7-9,14,17,27,29H,5-6,10-13,15-16H2,1H3,(H,28,33). The van der Waals surface area contributed by atoms with Crippen LogP contribution in [0.5, 0.6) is 0 Å². The third kappa shape index (κ3) is 5.05. The third-order valence-corrected chi connectivity index (χ3v) is 6.32. The molecule has 1 saturated carbocycles. The number of fused-ring (bicyclic) bond motifs is 1. The lowest BCUT2D eigenvalue weighted by atomic mass is 10.1. The first-order valence-electron chi connectivity index (χ1n) is 11.8. The highest BCUT2D eigenvalue weighted by Crippen LogP contribution is 2.31. The molecule has 0 unspecified atom stereocenters. The van der Waals surface area contributed by atoms with E-state index in [0.717, 1.165) is 48.2 Å². The van der Waals surface area contributed by atoms with Gasteiger partial charge < -0.3 is 25.3 Å². The summed E-state index contributed by atoms with van der Waals surface area (Å²) in [6.07, 6.45) is 3.79. The highest BCUT2D eigenvalue weighted by molar-refractivity contribution is 6.12. The van der Waals surface area contributed by atoms with Gasteiger partial charge in [0, 0.05) is 49.0 Å². The van der Waals surface area contributed by atoms with Gasteiger partial charge in [-0.15, -0.1) is 0 Å². The second kappa shape index (κ2) is 9.82. The van der Waals surface area contributed by atoms with Crippen molar-refractivity contribution in [2.45, 2.75) is 25.4 Å². The zero-order valence-corrected chi connectivity index (χ0v) is 19.3. The van der Waals surface area contributed by atoms with Gasteiger partial charge in [-0.05, 0) is 43.2 Å². The number of carbonyl (C=O) groups is 2. The summed E-state index contributed by atoms with van der Waals surface area (Å²) in [5.41, 5.74) is 3.04. The van der Waals surface area contributed by atoms with Crippen molar-refractivity contribution < 1.29 is 14.3 Å². The summed E-state index contributed by atoms with van der Waals surface area (Å²) in [5.74, 6) is 0.577. The fourth-order valence-corrected chi connectivity index (χ4v) is 4.13. The molecular formula is C25H30N6O3. The largest absolute Gasteiger partial charge is 0.379 e. The first-order valence-corrected chi connectivity index (χ1v) is 11.8. The minimum absolute atomic E-state index is 0.0213. The van der Waals surface area contributed by atoms with E-state index in [4.69, 9.17) is 4.74 Å². The molecule has 2 amide bonds. The molecule has 3 aromatic rings. The molecule has 34 heavy (non-hydrogen) atoms. The van der Waals surface area contributed by atoms with Crippen LogP contribution < -0.4 is 15.5 Å². The van der Waals surface area contributed by atoms with Gasteiger partial charge in [0.2, 0.25) is 5.91 Å². The molecule has 3 heterocycles. The van der Waals surface area contributed by atoms with Gasteiger partial charge in [-0.2, -0.15) is 0 Å². The van der Waals surface area contributed by atoms with Crippen LogP contribution in [0.1, 0.15) is 28.9 Å². The second-order valence-corrected chi connectivity index (χ2v) is 8.87. The zero-order chi connectivity index (χ0) is 23.5. The predicted octanol–water partition coefficient (Wildman–Crippen LogP) is 2.36. The minimum Gasteiger partial charge on any atom is -0.379 e. The quantitative estimate of drug-likeness (QED) is 0.475. The van der Waals surface area contributed by atoms with E-state index in [1.807, 2.05) is 36.4 Å². The number of aromatic nitrogens is 2. The van der Waals surface area contributed by atoms with Crippen LogP contribution in [-0.2, 0) is 16.1 Å². The Hall–Kier alpha value is -3.43. The van der Waals surface area contributed by atoms with Crippen LogP contribution in [-0.4, -0.2) is 72.6 Å². The first kappa shape index (κ1) is 22.4. The van der Waals surface area contributed by atoms with E-state index in [1.54, 1.807) is 18.1 Å². The summed E-state index contributed by atoms with van der Waals surface area (Å²) in [7, 11) is 1.79. The van der Waals surface area contributed by atoms with Gasteiger partial charge in [-0.1, -0.05) is 6.07 Å². The SMILES string of the molecule is CN(C(=O)CN1CCOCC1)c1ccc2c(C(=O)NC3CC3)c(NCc3ccccn3)[nH]c2c1. The van der Waals surface area contributed by atoms with E-state index in [2.05, 4.69) is 25.5 Å². The van der Waals surface area contributed by atoms with E-state index < -0.39 is 0 Å². The number of amides is 2. The van der Waals surface area contributed by atoms with Gasteiger partial charge >= 0.3 is 0 Å². The predicted molar refractivity (Wildman–Crippen MR) is 131 cm³/mol. The molecule has 0 spiro atoms. The van der Waals surface area contributed by atoms with Crippen molar-refractivity contribution in [3.05, 3.63) is 53.9 Å². The average Bonchev–Trinajstić information content (AvgIpc) is 3.60. The Labute approximate surface area is 198 Å². The van der Waals surface area contributed by atoms with Crippen LogP contribution in [0.4, 0.5) is 11.5 Å². The van der Waals surface area contributed by atoms with Crippen LogP contribution in [0, 0.1) is 0 Å². The number of hydrogen-bond acceptors (Lipinski definition) is 6. The number of aromatic amines is 1. The number of rotatable bonds is 8. The van der Waals surface area contributed by atoms with E-state index in [-0.39, 0.29) is 17.9 Å². The van der Waals surface area contributed by atoms with Gasteiger partial charge in [-0.25, -0.2) is 0 Å². The summed E-state index contributed by atoms with van der Waals surface area (Å²) in [5, 5.41) is 7.25. The molecule has 5 rings (SSSR count). The molecule has 2 aliphatic rings. The molecule has 0 bridgehead atoms. The Morgan fingerprint density at radius 2 is 2.03 bits per heavy atom. The van der Waals surface area contributed by atoms with Crippen LogP contribution in [0.15, 0.2) is 42.6 Å². The fraction of sp³-hybridized carbons (Fsp3) is 0.400. The Kier molecular flexibility index (Phi) is 6.46. The van der Waals surface area contributed by atoms with Crippen LogP contribution >= 0.6 is 0 Å². The van der Waals surface area contributed by atoms with E-state index in [9.17, 15) is 9.59 Å². The van der Waals surface area contributed by atoms with E-state index in [1.165, 1.54) is 0 Å². The lowest BCUT2D eigenvalue weighted by Crippen LogP contribution is -2.43. The molecule has 0 radical (unpaired) electrons. The number of morpholine rings is 1. The molecule has 3 N–H and O–H groups in total. The lowest BCUT2D eigenvalue weighted by Gasteiger charge is -2.28. The summed E-state index contributed by atoms with van der Waals surface area (Å²) in [6, 6.07) is 11.7. The van der Waals surface area contributed by atoms with Crippen molar-refractivity contribution in [3.8, 4) is 0 Å². The fourth-order valence-electron chi connectivity index (χ4n) is 4.13. The number of nitrogens with one attached hydrogen (secondary N) is 3. The number of carbonyl (C=O) groups excluding carboxylic acids is 2. The van der Waals surface area contributed by atoms with Crippen molar-refractivity contribution in [3.63, 3.8) is 0 Å². The Morgan fingerprint density at radius 3 is 2.76 bits per heavy atom. The third-order valence-electron chi connectivity index (χ3n) is 6.32. The number of hydrogen-bond donors (Lipinski definition) is 3. The normalized spacial score (nSPS) is 16.4. The first-order chi connectivity index (χ1) is 16.6. The molecule has 1 aliphatic heterocycles. The molecular weight excluding hydrogens is 432 g/mol. The molecule has 9 nitrogen and oxygen atoms in total. The molecule has 2 aromatic heterocycles. The Morgan fingerprint density at radius 1 is 1.21 bits per heavy atom. The maximum atomic E-state index is 13.1. The number of nitrogens with zero attached hydrogens (tertiary/aromatic N) is 3. The maximum absolute atomic E-state index is 13.1. The monoisotopic (exact) mass is 462 g/mol. The molecule has 9 heteroatoms.